The molecule has 0 fully saturated rings. The third-order valence-corrected chi connectivity index (χ3v) is 3.15. The molecule has 0 saturated carbocycles. The highest BCUT2D eigenvalue weighted by Gasteiger charge is 2.17. The highest BCUT2D eigenvalue weighted by Crippen LogP contribution is 2.22. The molecule has 0 N–H and O–H groups in total. The van der Waals surface area contributed by atoms with Crippen molar-refractivity contribution >= 4 is 18.1 Å². The number of carbonyl (C=O) groups is 1. The largest absolute Gasteiger partial charge is 0.497 e. The van der Waals surface area contributed by atoms with Crippen molar-refractivity contribution in [2.24, 2.45) is 5.10 Å². The van der Waals surface area contributed by atoms with Crippen molar-refractivity contribution in [2.45, 2.75) is 6.54 Å². The summed E-state index contributed by atoms with van der Waals surface area (Å²) < 4.78 is 11.4. The maximum atomic E-state index is 12.1. The molecule has 0 saturated heterocycles. The molecule has 0 aliphatic carbocycles. The Morgan fingerprint density at radius 1 is 1.44 bits per heavy atom. The van der Waals surface area contributed by atoms with Crippen LogP contribution in [0.1, 0.15) is 5.56 Å². The molecule has 0 atom stereocenters. The average Bonchev–Trinajstić information content (AvgIpc) is 3.08. The minimum absolute atomic E-state index is 0.232. The number of nitrogens with zero attached hydrogens (tertiary/aromatic N) is 6. The molecule has 0 spiro atoms. The van der Waals surface area contributed by atoms with Crippen molar-refractivity contribution in [3.8, 4) is 11.5 Å². The lowest BCUT2D eigenvalue weighted by Crippen LogP contribution is -2.26. The minimum Gasteiger partial charge on any atom is -0.497 e. The Balaban J connectivity index is 2.07. The summed E-state index contributed by atoms with van der Waals surface area (Å²) in [4.78, 5) is 25.4. The van der Waals surface area contributed by atoms with Gasteiger partial charge in [0.05, 0.1) is 20.4 Å². The van der Waals surface area contributed by atoms with E-state index in [1.807, 2.05) is 0 Å². The van der Waals surface area contributed by atoms with Gasteiger partial charge in [-0.15, -0.1) is 0 Å². The molecule has 132 valence electrons. The van der Waals surface area contributed by atoms with Crippen molar-refractivity contribution in [1.29, 1.82) is 0 Å². The first-order valence-corrected chi connectivity index (χ1v) is 7.01. The van der Waals surface area contributed by atoms with E-state index in [4.69, 9.17) is 9.47 Å². The summed E-state index contributed by atoms with van der Waals surface area (Å²) in [7, 11) is 4.51. The predicted molar refractivity (Wildman–Crippen MR) is 86.6 cm³/mol. The fourth-order valence-corrected chi connectivity index (χ4v) is 1.84. The highest BCUT2D eigenvalue weighted by atomic mass is 16.6. The van der Waals surface area contributed by atoms with E-state index in [9.17, 15) is 14.9 Å². The zero-order valence-corrected chi connectivity index (χ0v) is 13.8. The zero-order valence-electron chi connectivity index (χ0n) is 13.8. The SMILES string of the molecule is COc1ccc(OC)c(/C=N/N(C)C(=O)Cn2cnc([N+](=O)[O-])n2)c1. The molecular weight excluding hydrogens is 332 g/mol. The van der Waals surface area contributed by atoms with Crippen LogP contribution in [0.25, 0.3) is 0 Å². The number of hydrogen-bond acceptors (Lipinski definition) is 8. The Bertz CT molecular complexity index is 803. The molecule has 2 aromatic rings. The van der Waals surface area contributed by atoms with Crippen LogP contribution in [0, 0.1) is 10.1 Å². The molecule has 1 amide bonds. The summed E-state index contributed by atoms with van der Waals surface area (Å²) in [6, 6.07) is 5.17. The van der Waals surface area contributed by atoms with Gasteiger partial charge in [0.25, 0.3) is 5.91 Å². The monoisotopic (exact) mass is 348 g/mol. The van der Waals surface area contributed by atoms with Crippen LogP contribution in [0.15, 0.2) is 29.6 Å². The van der Waals surface area contributed by atoms with E-state index in [-0.39, 0.29) is 6.54 Å². The van der Waals surface area contributed by atoms with E-state index < -0.39 is 16.8 Å². The van der Waals surface area contributed by atoms with Crippen molar-refractivity contribution in [1.82, 2.24) is 19.8 Å². The molecule has 0 aliphatic rings. The van der Waals surface area contributed by atoms with Crippen molar-refractivity contribution in [3.05, 3.63) is 40.2 Å². The van der Waals surface area contributed by atoms with Crippen LogP contribution in [-0.4, -0.2) is 58.1 Å². The van der Waals surface area contributed by atoms with Crippen LogP contribution < -0.4 is 9.47 Å². The van der Waals surface area contributed by atoms with Crippen LogP contribution >= 0.6 is 0 Å². The predicted octanol–water partition coefficient (Wildman–Crippen LogP) is 0.696. The second-order valence-corrected chi connectivity index (χ2v) is 4.77. The maximum absolute atomic E-state index is 12.1. The van der Waals surface area contributed by atoms with Gasteiger partial charge < -0.3 is 19.6 Å². The molecule has 25 heavy (non-hydrogen) atoms. The second-order valence-electron chi connectivity index (χ2n) is 4.77. The Morgan fingerprint density at radius 2 is 2.20 bits per heavy atom. The Labute approximate surface area is 142 Å². The number of carbonyl (C=O) groups excluding carboxylic acids is 1. The molecule has 0 radical (unpaired) electrons. The summed E-state index contributed by atoms with van der Waals surface area (Å²) in [6.45, 7) is -0.232. The first-order valence-electron chi connectivity index (χ1n) is 7.01. The van der Waals surface area contributed by atoms with Gasteiger partial charge in [-0.25, -0.2) is 5.01 Å². The number of methoxy groups -OCH3 is 2. The lowest BCUT2D eigenvalue weighted by molar-refractivity contribution is -0.394. The number of hydrogen-bond donors (Lipinski definition) is 0. The van der Waals surface area contributed by atoms with Gasteiger partial charge in [-0.3, -0.25) is 4.79 Å². The quantitative estimate of drug-likeness (QED) is 0.409. The summed E-state index contributed by atoms with van der Waals surface area (Å²) >= 11 is 0. The van der Waals surface area contributed by atoms with Crippen LogP contribution in [0.2, 0.25) is 0 Å². The van der Waals surface area contributed by atoms with Gasteiger partial charge in [0, 0.05) is 17.7 Å². The van der Waals surface area contributed by atoms with Crippen molar-refractivity contribution < 1.29 is 19.2 Å². The lowest BCUT2D eigenvalue weighted by atomic mass is 10.2. The average molecular weight is 348 g/mol. The van der Waals surface area contributed by atoms with Gasteiger partial charge in [-0.2, -0.15) is 9.78 Å². The van der Waals surface area contributed by atoms with Gasteiger partial charge in [-0.1, -0.05) is 4.98 Å². The summed E-state index contributed by atoms with van der Waals surface area (Å²) in [5.74, 6) is 0.182. The van der Waals surface area contributed by atoms with Gasteiger partial charge in [0.15, 0.2) is 0 Å². The Kier molecular flexibility index (Phi) is 5.61. The minimum atomic E-state index is -0.738. The van der Waals surface area contributed by atoms with Gasteiger partial charge >= 0.3 is 5.95 Å². The van der Waals surface area contributed by atoms with Crippen LogP contribution in [-0.2, 0) is 11.3 Å². The van der Waals surface area contributed by atoms with Crippen molar-refractivity contribution in [2.75, 3.05) is 21.3 Å². The molecule has 1 aromatic heterocycles. The smallest absolute Gasteiger partial charge is 0.490 e. The molecule has 1 heterocycles. The van der Waals surface area contributed by atoms with E-state index in [0.29, 0.717) is 17.1 Å². The Morgan fingerprint density at radius 3 is 2.80 bits per heavy atom. The van der Waals surface area contributed by atoms with E-state index in [0.717, 1.165) is 16.0 Å². The van der Waals surface area contributed by atoms with E-state index in [1.54, 1.807) is 18.2 Å². The van der Waals surface area contributed by atoms with Gasteiger partial charge in [0.2, 0.25) is 6.33 Å². The molecule has 0 bridgehead atoms. The van der Waals surface area contributed by atoms with Crippen LogP contribution in [0.5, 0.6) is 11.5 Å². The van der Waals surface area contributed by atoms with Crippen LogP contribution in [0.3, 0.4) is 0 Å². The molecule has 11 heteroatoms. The molecule has 11 nitrogen and oxygen atoms in total. The number of amides is 1. The zero-order chi connectivity index (χ0) is 18.4. The topological polar surface area (TPSA) is 125 Å². The number of likely N-dealkylation sites (N-methyl/N-ethyl adjacent to an activating group) is 1. The van der Waals surface area contributed by atoms with Crippen LogP contribution in [0.4, 0.5) is 5.95 Å². The number of benzene rings is 1. The molecule has 2 rings (SSSR count). The Hall–Kier alpha value is -3.50. The fourth-order valence-electron chi connectivity index (χ4n) is 1.84. The summed E-state index contributed by atoms with van der Waals surface area (Å²) in [5.41, 5.74) is 0.623. The number of aromatic nitrogens is 3. The molecular formula is C14H16N6O5. The summed E-state index contributed by atoms with van der Waals surface area (Å²) in [6.07, 6.45) is 2.56. The third-order valence-electron chi connectivity index (χ3n) is 3.15. The third kappa shape index (κ3) is 4.50. The van der Waals surface area contributed by atoms with Gasteiger partial charge in [0.1, 0.15) is 18.0 Å². The first-order chi connectivity index (χ1) is 11.9. The number of ether oxygens (including phenoxy) is 2. The van der Waals surface area contributed by atoms with Crippen molar-refractivity contribution in [3.63, 3.8) is 0 Å². The fraction of sp³-hybridized carbons (Fsp3) is 0.286. The lowest BCUT2D eigenvalue weighted by Gasteiger charge is -2.11. The highest BCUT2D eigenvalue weighted by molar-refractivity contribution is 5.85. The summed E-state index contributed by atoms with van der Waals surface area (Å²) in [5, 5.41) is 19.2. The van der Waals surface area contributed by atoms with E-state index in [2.05, 4.69) is 15.2 Å². The van der Waals surface area contributed by atoms with E-state index in [1.165, 1.54) is 27.5 Å². The number of hydrazone groups is 1. The molecule has 0 unspecified atom stereocenters. The molecule has 1 aromatic carbocycles. The maximum Gasteiger partial charge on any atom is 0.490 e. The number of nitro groups is 1. The van der Waals surface area contributed by atoms with Gasteiger partial charge in [-0.05, 0) is 23.1 Å². The normalized spacial score (nSPS) is 10.7. The standard InChI is InChI=1S/C14H16N6O5/c1-18(13(21)8-19-9-15-14(17-19)20(22)23)16-7-10-6-11(24-2)4-5-12(10)25-3/h4-7,9H,8H2,1-3H3/b16-7+. The first kappa shape index (κ1) is 17.8. The molecule has 0 aliphatic heterocycles. The number of rotatable bonds is 7. The second kappa shape index (κ2) is 7.86. The van der Waals surface area contributed by atoms with E-state index >= 15 is 0 Å².